The topological polar surface area (TPSA) is 130 Å². The number of rotatable bonds is 2. The van der Waals surface area contributed by atoms with E-state index in [-0.39, 0.29) is 11.9 Å². The van der Waals surface area contributed by atoms with Gasteiger partial charge in [0.25, 0.3) is 0 Å². The zero-order valence-corrected chi connectivity index (χ0v) is 14.6. The van der Waals surface area contributed by atoms with Gasteiger partial charge in [0.05, 0.1) is 6.04 Å². The number of primary amides is 1. The number of hydrogen-bond acceptors (Lipinski definition) is 4. The highest BCUT2D eigenvalue weighted by Gasteiger charge is 2.38. The highest BCUT2D eigenvalue weighted by molar-refractivity contribution is 5.80. The molecule has 7 nitrogen and oxygen atoms in total. The zero-order valence-electron chi connectivity index (χ0n) is 14.6. The number of hydrogen-bond donors (Lipinski definition) is 4. The smallest absolute Gasteiger partial charge is 0.475 e. The molecule has 29 heavy (non-hydrogen) atoms. The second-order valence-electron chi connectivity index (χ2n) is 5.65. The van der Waals surface area contributed by atoms with Crippen molar-refractivity contribution < 1.29 is 50.9 Å². The van der Waals surface area contributed by atoms with Gasteiger partial charge >= 0.3 is 24.3 Å². The molecule has 2 atom stereocenters. The third kappa shape index (κ3) is 10.9. The Bertz CT molecular complexity index is 655. The normalized spacial score (nSPS) is 19.0. The van der Waals surface area contributed by atoms with E-state index in [0.717, 1.165) is 19.4 Å². The average Bonchev–Trinajstić information content (AvgIpc) is 2.62. The predicted molar refractivity (Wildman–Crippen MR) is 86.8 cm³/mol. The summed E-state index contributed by atoms with van der Waals surface area (Å²) in [4.78, 5) is 28.9. The minimum atomic E-state index is -5.08. The van der Waals surface area contributed by atoms with Gasteiger partial charge in [0, 0.05) is 0 Å². The van der Waals surface area contributed by atoms with Crippen LogP contribution in [0.25, 0.3) is 0 Å². The summed E-state index contributed by atoms with van der Waals surface area (Å²) in [7, 11) is 0. The number of piperidine rings is 1. The van der Waals surface area contributed by atoms with E-state index in [0.29, 0.717) is 5.92 Å². The molecular formula is C16H18F6N2O5. The quantitative estimate of drug-likeness (QED) is 0.531. The lowest BCUT2D eigenvalue weighted by atomic mass is 9.86. The molecule has 1 amide bonds. The van der Waals surface area contributed by atoms with Crippen molar-refractivity contribution in [2.45, 2.75) is 37.2 Å². The Hall–Kier alpha value is -2.83. The number of benzene rings is 1. The van der Waals surface area contributed by atoms with Gasteiger partial charge in [-0.05, 0) is 30.9 Å². The van der Waals surface area contributed by atoms with E-state index >= 15 is 0 Å². The molecule has 13 heteroatoms. The number of alkyl halides is 6. The highest BCUT2D eigenvalue weighted by atomic mass is 19.4. The molecule has 0 aromatic heterocycles. The highest BCUT2D eigenvalue weighted by Crippen LogP contribution is 2.27. The first-order chi connectivity index (χ1) is 13.2. The monoisotopic (exact) mass is 432 g/mol. The zero-order chi connectivity index (χ0) is 22.8. The summed E-state index contributed by atoms with van der Waals surface area (Å²) in [6.45, 7) is 0.868. The van der Waals surface area contributed by atoms with Gasteiger partial charge in [-0.3, -0.25) is 4.79 Å². The molecule has 1 fully saturated rings. The Morgan fingerprint density at radius 2 is 1.34 bits per heavy atom. The van der Waals surface area contributed by atoms with E-state index < -0.39 is 24.3 Å². The molecule has 1 aliphatic rings. The molecule has 1 aromatic carbocycles. The van der Waals surface area contributed by atoms with Crippen LogP contribution in [0.5, 0.6) is 0 Å². The van der Waals surface area contributed by atoms with Crippen LogP contribution in [0.4, 0.5) is 26.3 Å². The second-order valence-corrected chi connectivity index (χ2v) is 5.65. The van der Waals surface area contributed by atoms with Crippen molar-refractivity contribution in [3.8, 4) is 0 Å². The number of aliphatic carboxylic acids is 2. The average molecular weight is 432 g/mol. The fourth-order valence-corrected chi connectivity index (χ4v) is 2.16. The molecule has 5 N–H and O–H groups in total. The summed E-state index contributed by atoms with van der Waals surface area (Å²) in [5.74, 6) is -5.29. The molecule has 164 valence electrons. The van der Waals surface area contributed by atoms with Gasteiger partial charge < -0.3 is 21.3 Å². The fraction of sp³-hybridized carbons (Fsp3) is 0.438. The third-order valence-corrected chi connectivity index (χ3v) is 3.50. The molecule has 1 saturated heterocycles. The third-order valence-electron chi connectivity index (χ3n) is 3.50. The molecule has 0 bridgehead atoms. The van der Waals surface area contributed by atoms with Crippen LogP contribution in [0.2, 0.25) is 0 Å². The predicted octanol–water partition coefficient (Wildman–Crippen LogP) is 2.27. The Morgan fingerprint density at radius 3 is 1.69 bits per heavy atom. The molecule has 0 saturated carbocycles. The summed E-state index contributed by atoms with van der Waals surface area (Å²) >= 11 is 0. The maximum atomic E-state index is 11.1. The van der Waals surface area contributed by atoms with Crippen LogP contribution in [0.1, 0.15) is 24.3 Å². The van der Waals surface area contributed by atoms with Crippen LogP contribution in [0.15, 0.2) is 30.3 Å². The molecule has 2 unspecified atom stereocenters. The van der Waals surface area contributed by atoms with Gasteiger partial charge in [0.15, 0.2) is 0 Å². The van der Waals surface area contributed by atoms with E-state index in [9.17, 15) is 31.1 Å². The minimum absolute atomic E-state index is 0.163. The maximum Gasteiger partial charge on any atom is 0.490 e. The molecule has 0 radical (unpaired) electrons. The van der Waals surface area contributed by atoms with Gasteiger partial charge in [-0.15, -0.1) is 0 Å². The molecule has 1 aliphatic heterocycles. The second kappa shape index (κ2) is 11.2. The van der Waals surface area contributed by atoms with Gasteiger partial charge in [-0.1, -0.05) is 30.3 Å². The summed E-state index contributed by atoms with van der Waals surface area (Å²) < 4.78 is 63.5. The largest absolute Gasteiger partial charge is 0.490 e. The number of halogens is 6. The van der Waals surface area contributed by atoms with Crippen molar-refractivity contribution in [3.05, 3.63) is 35.9 Å². The fourth-order valence-electron chi connectivity index (χ4n) is 2.16. The van der Waals surface area contributed by atoms with Crippen molar-refractivity contribution in [3.63, 3.8) is 0 Å². The van der Waals surface area contributed by atoms with Crippen LogP contribution in [0, 0.1) is 0 Å². The first-order valence-electron chi connectivity index (χ1n) is 7.84. The number of carbonyl (C=O) groups is 3. The Morgan fingerprint density at radius 1 is 0.931 bits per heavy atom. The Labute approximate surface area is 160 Å². The lowest BCUT2D eigenvalue weighted by molar-refractivity contribution is -0.193. The van der Waals surface area contributed by atoms with Gasteiger partial charge in [-0.25, -0.2) is 9.59 Å². The van der Waals surface area contributed by atoms with Crippen LogP contribution in [-0.4, -0.2) is 53.0 Å². The van der Waals surface area contributed by atoms with E-state index in [1.165, 1.54) is 5.56 Å². The molecule has 2 rings (SSSR count). The van der Waals surface area contributed by atoms with Crippen LogP contribution < -0.4 is 11.1 Å². The summed E-state index contributed by atoms with van der Waals surface area (Å²) in [5.41, 5.74) is 6.62. The number of nitrogens with two attached hydrogens (primary N) is 1. The number of carboxylic acid groups (broad SMARTS) is 2. The molecular weight excluding hydrogens is 414 g/mol. The number of carbonyl (C=O) groups excluding carboxylic acids is 1. The maximum absolute atomic E-state index is 11.1. The first kappa shape index (κ1) is 26.2. The van der Waals surface area contributed by atoms with Crippen molar-refractivity contribution in [2.75, 3.05) is 6.54 Å². The van der Waals surface area contributed by atoms with E-state index in [1.807, 2.05) is 18.2 Å². The van der Waals surface area contributed by atoms with E-state index in [2.05, 4.69) is 17.4 Å². The molecule has 0 aliphatic carbocycles. The van der Waals surface area contributed by atoms with Crippen molar-refractivity contribution in [1.82, 2.24) is 5.32 Å². The number of carboxylic acids is 2. The first-order valence-corrected chi connectivity index (χ1v) is 7.84. The van der Waals surface area contributed by atoms with Crippen LogP contribution >= 0.6 is 0 Å². The standard InChI is InChI=1S/C12H16N2O.2C2HF3O2/c13-12(15)11-8-10(6-7-14-11)9-4-2-1-3-5-9;2*3-2(4,5)1(6)7/h1-5,10-11,14H,6-8H2,(H2,13,15);2*(H,6,7). The van der Waals surface area contributed by atoms with E-state index in [4.69, 9.17) is 25.5 Å². The van der Waals surface area contributed by atoms with Gasteiger partial charge in [0.2, 0.25) is 5.91 Å². The number of amides is 1. The lowest BCUT2D eigenvalue weighted by Gasteiger charge is -2.28. The molecule has 1 heterocycles. The van der Waals surface area contributed by atoms with Gasteiger partial charge in [0.1, 0.15) is 0 Å². The van der Waals surface area contributed by atoms with Crippen LogP contribution in [0.3, 0.4) is 0 Å². The number of nitrogens with one attached hydrogen (secondary N) is 1. The summed E-state index contributed by atoms with van der Waals surface area (Å²) in [5, 5.41) is 17.4. The van der Waals surface area contributed by atoms with Crippen molar-refractivity contribution in [1.29, 1.82) is 0 Å². The molecule has 0 spiro atoms. The lowest BCUT2D eigenvalue weighted by Crippen LogP contribution is -2.46. The Kier molecular flexibility index (Phi) is 10.1. The van der Waals surface area contributed by atoms with Crippen LogP contribution in [-0.2, 0) is 14.4 Å². The Balaban J connectivity index is 0.000000473. The SMILES string of the molecule is NC(=O)C1CC(c2ccccc2)CCN1.O=C(O)C(F)(F)F.O=C(O)C(F)(F)F. The minimum Gasteiger partial charge on any atom is -0.475 e. The van der Waals surface area contributed by atoms with Gasteiger partial charge in [-0.2, -0.15) is 26.3 Å². The van der Waals surface area contributed by atoms with E-state index in [1.54, 1.807) is 0 Å². The van der Waals surface area contributed by atoms with Crippen molar-refractivity contribution >= 4 is 17.8 Å². The summed E-state index contributed by atoms with van der Waals surface area (Å²) in [6, 6.07) is 10.2. The molecule has 1 aromatic rings. The van der Waals surface area contributed by atoms with Crippen molar-refractivity contribution in [2.24, 2.45) is 5.73 Å². The summed E-state index contributed by atoms with van der Waals surface area (Å²) in [6.07, 6.45) is -8.27.